The quantitative estimate of drug-likeness (QED) is 0.668. The normalized spacial score (nSPS) is 30.3. The summed E-state index contributed by atoms with van der Waals surface area (Å²) in [7, 11) is 0. The number of benzene rings is 1. The Bertz CT molecular complexity index is 835. The van der Waals surface area contributed by atoms with Crippen LogP contribution >= 0.6 is 0 Å². The van der Waals surface area contributed by atoms with Gasteiger partial charge in [-0.05, 0) is 56.8 Å². The third-order valence-corrected chi connectivity index (χ3v) is 5.94. The van der Waals surface area contributed by atoms with E-state index < -0.39 is 17.6 Å². The fourth-order valence-corrected chi connectivity index (χ4v) is 4.60. The predicted molar refractivity (Wildman–Crippen MR) is 97.7 cm³/mol. The minimum absolute atomic E-state index is 0.166. The molecule has 0 radical (unpaired) electrons. The molecular weight excluding hydrogens is 346 g/mol. The number of hydrogen-bond acceptors (Lipinski definition) is 5. The molecule has 144 valence electrons. The number of carbonyl (C=O) groups excluding carboxylic acids is 3. The van der Waals surface area contributed by atoms with Crippen molar-refractivity contribution < 1.29 is 19.5 Å². The highest BCUT2D eigenvalue weighted by Gasteiger charge is 2.42. The second-order valence-electron chi connectivity index (χ2n) is 8.54. The maximum Gasteiger partial charge on any atom is 0.255 e. The smallest absolute Gasteiger partial charge is 0.255 e. The third kappa shape index (κ3) is 3.15. The topological polar surface area (TPSA) is 98.7 Å². The summed E-state index contributed by atoms with van der Waals surface area (Å²) in [5, 5.41) is 16.9. The van der Waals surface area contributed by atoms with Gasteiger partial charge in [-0.3, -0.25) is 19.7 Å². The van der Waals surface area contributed by atoms with E-state index in [4.69, 9.17) is 0 Å². The van der Waals surface area contributed by atoms with Crippen molar-refractivity contribution in [2.24, 2.45) is 0 Å². The first kappa shape index (κ1) is 18.1. The van der Waals surface area contributed by atoms with E-state index >= 15 is 0 Å². The molecule has 27 heavy (non-hydrogen) atoms. The van der Waals surface area contributed by atoms with Gasteiger partial charge in [0, 0.05) is 24.1 Å². The Morgan fingerprint density at radius 3 is 2.70 bits per heavy atom. The van der Waals surface area contributed by atoms with Crippen LogP contribution in [0, 0.1) is 0 Å². The molecule has 0 saturated carbocycles. The second kappa shape index (κ2) is 6.14. The summed E-state index contributed by atoms with van der Waals surface area (Å²) >= 11 is 0. The van der Waals surface area contributed by atoms with E-state index in [1.165, 1.54) is 4.90 Å². The van der Waals surface area contributed by atoms with E-state index in [2.05, 4.69) is 24.5 Å². The summed E-state index contributed by atoms with van der Waals surface area (Å²) in [6.45, 7) is 5.19. The number of fused-ring (bicyclic) bond motifs is 1. The number of nitrogens with one attached hydrogen (secondary N) is 2. The Morgan fingerprint density at radius 1 is 1.22 bits per heavy atom. The molecule has 0 aliphatic carbocycles. The summed E-state index contributed by atoms with van der Waals surface area (Å²) < 4.78 is 0. The highest BCUT2D eigenvalue weighted by atomic mass is 16.3. The van der Waals surface area contributed by atoms with Crippen LogP contribution in [-0.4, -0.2) is 45.9 Å². The number of hydrogen-bond donors (Lipinski definition) is 3. The molecule has 3 N–H and O–H groups in total. The number of rotatable bonds is 2. The number of imide groups is 1. The van der Waals surface area contributed by atoms with E-state index in [0.29, 0.717) is 31.4 Å². The Labute approximate surface area is 158 Å². The van der Waals surface area contributed by atoms with Crippen LogP contribution < -0.4 is 10.6 Å². The molecule has 3 aliphatic rings. The summed E-state index contributed by atoms with van der Waals surface area (Å²) in [6, 6.07) is 4.87. The molecule has 2 atom stereocenters. The fourth-order valence-electron chi connectivity index (χ4n) is 4.60. The lowest BCUT2D eigenvalue weighted by Crippen LogP contribution is -2.52. The monoisotopic (exact) mass is 371 g/mol. The molecule has 4 rings (SSSR count). The highest BCUT2D eigenvalue weighted by Crippen LogP contribution is 2.38. The van der Waals surface area contributed by atoms with Crippen molar-refractivity contribution in [1.82, 2.24) is 15.5 Å². The van der Waals surface area contributed by atoms with E-state index in [9.17, 15) is 19.5 Å². The van der Waals surface area contributed by atoms with Gasteiger partial charge in [0.15, 0.2) is 0 Å². The van der Waals surface area contributed by atoms with Crippen LogP contribution in [0.1, 0.15) is 61.0 Å². The van der Waals surface area contributed by atoms with Gasteiger partial charge in [-0.1, -0.05) is 12.1 Å². The van der Waals surface area contributed by atoms with Crippen LogP contribution in [0.4, 0.5) is 0 Å². The average molecular weight is 371 g/mol. The maximum atomic E-state index is 12.8. The fraction of sp³-hybridized carbons (Fsp3) is 0.550. The maximum absolute atomic E-state index is 12.8. The lowest BCUT2D eigenvalue weighted by atomic mass is 9.76. The molecule has 2 fully saturated rings. The van der Waals surface area contributed by atoms with Gasteiger partial charge in [-0.25, -0.2) is 0 Å². The van der Waals surface area contributed by atoms with Gasteiger partial charge in [0.25, 0.3) is 5.91 Å². The van der Waals surface area contributed by atoms with Crippen molar-refractivity contribution in [3.63, 3.8) is 0 Å². The Morgan fingerprint density at radius 2 is 2.00 bits per heavy atom. The minimum Gasteiger partial charge on any atom is -0.385 e. The lowest BCUT2D eigenvalue weighted by molar-refractivity contribution is -0.136. The van der Waals surface area contributed by atoms with Crippen LogP contribution in [-0.2, 0) is 21.7 Å². The van der Waals surface area contributed by atoms with Crippen molar-refractivity contribution in [3.8, 4) is 0 Å². The van der Waals surface area contributed by atoms with Gasteiger partial charge in [0.1, 0.15) is 6.04 Å². The zero-order valence-electron chi connectivity index (χ0n) is 15.7. The van der Waals surface area contributed by atoms with Crippen LogP contribution in [0.2, 0.25) is 0 Å². The highest BCUT2D eigenvalue weighted by molar-refractivity contribution is 6.05. The second-order valence-corrected chi connectivity index (χ2v) is 8.54. The molecule has 0 bridgehead atoms. The predicted octanol–water partition coefficient (Wildman–Crippen LogP) is 0.797. The number of piperidine rings is 2. The molecule has 3 amide bonds. The lowest BCUT2D eigenvalue weighted by Gasteiger charge is -2.42. The Hall–Kier alpha value is -2.25. The first-order chi connectivity index (χ1) is 12.7. The summed E-state index contributed by atoms with van der Waals surface area (Å²) in [5.74, 6) is -0.895. The number of carbonyl (C=O) groups is 3. The number of nitrogens with zero attached hydrogens (tertiary/aromatic N) is 1. The zero-order valence-corrected chi connectivity index (χ0v) is 15.7. The van der Waals surface area contributed by atoms with Crippen LogP contribution in [0.5, 0.6) is 0 Å². The van der Waals surface area contributed by atoms with Crippen molar-refractivity contribution in [1.29, 1.82) is 0 Å². The molecule has 7 nitrogen and oxygen atoms in total. The van der Waals surface area contributed by atoms with Gasteiger partial charge >= 0.3 is 0 Å². The summed E-state index contributed by atoms with van der Waals surface area (Å²) in [6.07, 6.45) is 1.79. The van der Waals surface area contributed by atoms with E-state index in [1.54, 1.807) is 6.07 Å². The first-order valence-electron chi connectivity index (χ1n) is 9.44. The molecule has 0 spiro atoms. The molecular formula is C20H25N3O4. The van der Waals surface area contributed by atoms with Crippen molar-refractivity contribution >= 4 is 17.7 Å². The number of aliphatic hydroxyl groups is 1. The molecule has 1 aromatic rings. The SMILES string of the molecule is CC1(C)C[C@](O)(c2ccc3c(c2)CN(C2CCC(=O)NC2=O)C3=O)CCN1. The van der Waals surface area contributed by atoms with Gasteiger partial charge < -0.3 is 15.3 Å². The van der Waals surface area contributed by atoms with Gasteiger partial charge in [0.05, 0.1) is 5.60 Å². The third-order valence-electron chi connectivity index (χ3n) is 5.94. The van der Waals surface area contributed by atoms with E-state index in [0.717, 1.165) is 17.7 Å². The van der Waals surface area contributed by atoms with Gasteiger partial charge in [-0.15, -0.1) is 0 Å². The standard InChI is InChI=1S/C20H25N3O4/c1-19(2)11-20(27,7-8-21-19)13-3-4-14-12(9-13)10-23(18(14)26)15-5-6-16(24)22-17(15)25/h3-4,9,15,21,27H,5-8,10-11H2,1-2H3,(H,22,24,25)/t15?,20-/m0/s1. The minimum atomic E-state index is -0.936. The van der Waals surface area contributed by atoms with Gasteiger partial charge in [-0.2, -0.15) is 0 Å². The Balaban J connectivity index is 1.60. The molecule has 3 aliphatic heterocycles. The molecule has 1 aromatic carbocycles. The van der Waals surface area contributed by atoms with Crippen LogP contribution in [0.25, 0.3) is 0 Å². The van der Waals surface area contributed by atoms with Crippen LogP contribution in [0.3, 0.4) is 0 Å². The molecule has 3 heterocycles. The van der Waals surface area contributed by atoms with Crippen molar-refractivity contribution in [3.05, 3.63) is 34.9 Å². The largest absolute Gasteiger partial charge is 0.385 e. The molecule has 2 saturated heterocycles. The average Bonchev–Trinajstić information content (AvgIpc) is 2.90. The summed E-state index contributed by atoms with van der Waals surface area (Å²) in [4.78, 5) is 37.8. The van der Waals surface area contributed by atoms with Crippen molar-refractivity contribution in [2.45, 2.75) is 63.3 Å². The van der Waals surface area contributed by atoms with E-state index in [1.807, 2.05) is 12.1 Å². The molecule has 0 aromatic heterocycles. The Kier molecular flexibility index (Phi) is 4.12. The molecule has 1 unspecified atom stereocenters. The van der Waals surface area contributed by atoms with Gasteiger partial charge in [0.2, 0.25) is 11.8 Å². The summed E-state index contributed by atoms with van der Waals surface area (Å²) in [5.41, 5.74) is 1.11. The number of amides is 3. The van der Waals surface area contributed by atoms with Crippen LogP contribution in [0.15, 0.2) is 18.2 Å². The molecule has 7 heteroatoms. The zero-order chi connectivity index (χ0) is 19.4. The van der Waals surface area contributed by atoms with Crippen molar-refractivity contribution in [2.75, 3.05) is 6.54 Å². The first-order valence-corrected chi connectivity index (χ1v) is 9.44. The van der Waals surface area contributed by atoms with E-state index in [-0.39, 0.29) is 23.8 Å².